The molecule has 2 aliphatic heterocycles. The molecule has 0 saturated heterocycles. The number of hydrogen-bond donors (Lipinski definition) is 2. The maximum absolute atomic E-state index is 13.3. The highest BCUT2D eigenvalue weighted by Crippen LogP contribution is 2.38. The van der Waals surface area contributed by atoms with Gasteiger partial charge < -0.3 is 5.32 Å². The molecule has 2 heterocycles. The van der Waals surface area contributed by atoms with Crippen molar-refractivity contribution in [2.75, 3.05) is 18.0 Å². The van der Waals surface area contributed by atoms with Crippen LogP contribution in [0.1, 0.15) is 22.7 Å². The molecule has 0 fully saturated rings. The molecule has 0 unspecified atom stereocenters. The van der Waals surface area contributed by atoms with Gasteiger partial charge in [0.05, 0.1) is 46.7 Å². The van der Waals surface area contributed by atoms with Crippen LogP contribution < -0.4 is 15.6 Å². The maximum atomic E-state index is 13.3. The number of hydrogen-bond acceptors (Lipinski definition) is 4. The summed E-state index contributed by atoms with van der Waals surface area (Å²) in [6.07, 6.45) is -3.04. The van der Waals surface area contributed by atoms with E-state index in [0.717, 1.165) is 17.0 Å². The van der Waals surface area contributed by atoms with Gasteiger partial charge in [0.25, 0.3) is 5.91 Å². The van der Waals surface area contributed by atoms with E-state index >= 15 is 0 Å². The number of rotatable bonds is 4. The average Bonchev–Trinajstić information content (AvgIpc) is 2.78. The van der Waals surface area contributed by atoms with Crippen molar-refractivity contribution in [3.8, 4) is 6.07 Å². The van der Waals surface area contributed by atoms with Gasteiger partial charge >= 0.3 is 12.2 Å². The molecule has 2 N–H and O–H groups in total. The monoisotopic (exact) mass is 453 g/mol. The van der Waals surface area contributed by atoms with Crippen molar-refractivity contribution in [3.05, 3.63) is 89.1 Å². The molecule has 0 spiro atoms. The number of halogens is 3. The number of carbonyl (C=O) groups excluding carboxylic acids is 2. The second-order valence-electron chi connectivity index (χ2n) is 7.47. The number of urea groups is 1. The third kappa shape index (κ3) is 4.18. The largest absolute Gasteiger partial charge is 0.416 e. The molecule has 0 radical (unpaired) electrons. The summed E-state index contributed by atoms with van der Waals surface area (Å²) in [6, 6.07) is 11.2. The second kappa shape index (κ2) is 8.44. The maximum Gasteiger partial charge on any atom is 0.416 e. The molecule has 3 amide bonds. The Morgan fingerprint density at radius 2 is 1.91 bits per heavy atom. The van der Waals surface area contributed by atoms with Crippen molar-refractivity contribution in [1.29, 1.82) is 5.26 Å². The van der Waals surface area contributed by atoms with Crippen LogP contribution >= 0.6 is 0 Å². The highest BCUT2D eigenvalue weighted by molar-refractivity contribution is 6.05. The van der Waals surface area contributed by atoms with E-state index in [1.807, 2.05) is 6.07 Å². The van der Waals surface area contributed by atoms with Gasteiger partial charge in [-0.2, -0.15) is 18.4 Å². The number of carbonyl (C=O) groups is 2. The van der Waals surface area contributed by atoms with Crippen LogP contribution in [0.4, 0.5) is 23.7 Å². The molecular formula is C23H18F3N5O2. The average molecular weight is 453 g/mol. The number of amides is 3. The summed E-state index contributed by atoms with van der Waals surface area (Å²) in [6.45, 7) is 3.98. The highest BCUT2D eigenvalue weighted by Gasteiger charge is 2.42. The Morgan fingerprint density at radius 1 is 1.18 bits per heavy atom. The SMILES string of the molecule is C=CCN1CC2=C(C(=O)N1)[C@@H](c1ccc(C#N)cc1)NC(=O)N2c1cccc(C(F)(F)F)c1. The highest BCUT2D eigenvalue weighted by atomic mass is 19.4. The molecule has 0 aliphatic carbocycles. The quantitative estimate of drug-likeness (QED) is 0.692. The van der Waals surface area contributed by atoms with E-state index in [4.69, 9.17) is 5.26 Å². The standard InChI is InChI=1S/C23H18F3N5O2/c1-2-10-30-13-18-19(21(32)29-30)20(15-8-6-14(12-27)7-9-15)28-22(33)31(18)17-5-3-4-16(11-17)23(24,25)26/h2-9,11,20H,1,10,13H2,(H,28,33)(H,29,32)/t20-/m1/s1. The lowest BCUT2D eigenvalue weighted by atomic mass is 9.92. The molecule has 2 aromatic carbocycles. The van der Waals surface area contributed by atoms with E-state index in [1.165, 1.54) is 17.1 Å². The molecule has 33 heavy (non-hydrogen) atoms. The summed E-state index contributed by atoms with van der Waals surface area (Å²) in [7, 11) is 0. The normalized spacial score (nSPS) is 18.8. The van der Waals surface area contributed by atoms with Gasteiger partial charge in [0, 0.05) is 6.54 Å². The Hall–Kier alpha value is -4.10. The molecule has 0 bridgehead atoms. The van der Waals surface area contributed by atoms with Gasteiger partial charge in [-0.1, -0.05) is 24.3 Å². The van der Waals surface area contributed by atoms with Crippen LogP contribution in [-0.4, -0.2) is 30.0 Å². The zero-order valence-electron chi connectivity index (χ0n) is 17.2. The van der Waals surface area contributed by atoms with Crippen LogP contribution in [0.25, 0.3) is 0 Å². The Labute approximate surface area is 187 Å². The summed E-state index contributed by atoms with van der Waals surface area (Å²) < 4.78 is 39.9. The van der Waals surface area contributed by atoms with E-state index < -0.39 is 29.7 Å². The van der Waals surface area contributed by atoms with E-state index in [1.54, 1.807) is 30.3 Å². The summed E-state index contributed by atoms with van der Waals surface area (Å²) in [5.74, 6) is -0.496. The zero-order valence-corrected chi connectivity index (χ0v) is 17.2. The molecule has 1 atom stereocenters. The first-order valence-corrected chi connectivity index (χ1v) is 9.90. The van der Waals surface area contributed by atoms with Crippen LogP contribution in [0.2, 0.25) is 0 Å². The molecule has 2 aromatic rings. The van der Waals surface area contributed by atoms with Crippen LogP contribution in [-0.2, 0) is 11.0 Å². The predicted octanol–water partition coefficient (Wildman–Crippen LogP) is 3.63. The lowest BCUT2D eigenvalue weighted by Gasteiger charge is -2.42. The fourth-order valence-electron chi connectivity index (χ4n) is 3.87. The van der Waals surface area contributed by atoms with Crippen molar-refractivity contribution in [1.82, 2.24) is 15.8 Å². The van der Waals surface area contributed by atoms with E-state index in [0.29, 0.717) is 11.1 Å². The third-order valence-electron chi connectivity index (χ3n) is 5.34. The fraction of sp³-hybridized carbons (Fsp3) is 0.174. The second-order valence-corrected chi connectivity index (χ2v) is 7.47. The minimum Gasteiger partial charge on any atom is -0.326 e. The number of anilines is 1. The first-order chi connectivity index (χ1) is 15.7. The Balaban J connectivity index is 1.85. The van der Waals surface area contributed by atoms with Gasteiger partial charge in [0.2, 0.25) is 0 Å². The van der Waals surface area contributed by atoms with Crippen LogP contribution in [0.15, 0.2) is 72.5 Å². The third-order valence-corrected chi connectivity index (χ3v) is 5.34. The first kappa shape index (κ1) is 22.1. The Kier molecular flexibility index (Phi) is 5.66. The van der Waals surface area contributed by atoms with Gasteiger partial charge in [0.1, 0.15) is 0 Å². The van der Waals surface area contributed by atoms with Gasteiger partial charge in [-0.25, -0.2) is 9.80 Å². The van der Waals surface area contributed by atoms with Crippen molar-refractivity contribution in [3.63, 3.8) is 0 Å². The summed E-state index contributed by atoms with van der Waals surface area (Å²) in [4.78, 5) is 27.3. The van der Waals surface area contributed by atoms with E-state index in [9.17, 15) is 22.8 Å². The van der Waals surface area contributed by atoms with Crippen molar-refractivity contribution >= 4 is 17.6 Å². The molecule has 7 nitrogen and oxygen atoms in total. The van der Waals surface area contributed by atoms with Gasteiger partial charge in [-0.15, -0.1) is 6.58 Å². The van der Waals surface area contributed by atoms with Crippen molar-refractivity contribution < 1.29 is 22.8 Å². The van der Waals surface area contributed by atoms with E-state index in [2.05, 4.69) is 17.3 Å². The van der Waals surface area contributed by atoms with Crippen molar-refractivity contribution in [2.24, 2.45) is 0 Å². The van der Waals surface area contributed by atoms with Crippen LogP contribution in [0, 0.1) is 11.3 Å². The fourth-order valence-corrected chi connectivity index (χ4v) is 3.87. The molecule has 168 valence electrons. The Bertz CT molecular complexity index is 1200. The van der Waals surface area contributed by atoms with E-state index in [-0.39, 0.29) is 30.0 Å². The molecule has 0 saturated carbocycles. The minimum absolute atomic E-state index is 0.0126. The molecule has 4 rings (SSSR count). The number of benzene rings is 2. The zero-order chi connectivity index (χ0) is 23.8. The molecule has 0 aromatic heterocycles. The minimum atomic E-state index is -4.59. The van der Waals surface area contributed by atoms with Crippen LogP contribution in [0.3, 0.4) is 0 Å². The smallest absolute Gasteiger partial charge is 0.326 e. The lowest BCUT2D eigenvalue weighted by molar-refractivity contribution is -0.137. The number of alkyl halides is 3. The first-order valence-electron chi connectivity index (χ1n) is 9.90. The predicted molar refractivity (Wildman–Crippen MR) is 113 cm³/mol. The summed E-state index contributed by atoms with van der Waals surface area (Å²) in [5, 5.41) is 13.3. The van der Waals surface area contributed by atoms with Crippen LogP contribution in [0.5, 0.6) is 0 Å². The van der Waals surface area contributed by atoms with Crippen molar-refractivity contribution in [2.45, 2.75) is 12.2 Å². The summed E-state index contributed by atoms with van der Waals surface area (Å²) >= 11 is 0. The molecule has 10 heteroatoms. The summed E-state index contributed by atoms with van der Waals surface area (Å²) in [5.41, 5.74) is 3.23. The molecular weight excluding hydrogens is 435 g/mol. The van der Waals surface area contributed by atoms with Gasteiger partial charge in [-0.05, 0) is 35.9 Å². The molecule has 2 aliphatic rings. The number of nitrogens with zero attached hydrogens (tertiary/aromatic N) is 3. The number of hydrazine groups is 1. The topological polar surface area (TPSA) is 88.5 Å². The Morgan fingerprint density at radius 3 is 2.55 bits per heavy atom. The lowest BCUT2D eigenvalue weighted by Crippen LogP contribution is -2.58. The van der Waals surface area contributed by atoms with Gasteiger partial charge in [-0.3, -0.25) is 15.1 Å². The number of nitrogens with one attached hydrogen (secondary N) is 2. The number of nitriles is 1. The van der Waals surface area contributed by atoms with Gasteiger partial charge in [0.15, 0.2) is 0 Å².